The second-order valence-corrected chi connectivity index (χ2v) is 6.41. The van der Waals surface area contributed by atoms with Crippen molar-refractivity contribution < 1.29 is 13.2 Å². The van der Waals surface area contributed by atoms with Crippen LogP contribution in [0.4, 0.5) is 0 Å². The number of methoxy groups -OCH3 is 1. The predicted octanol–water partition coefficient (Wildman–Crippen LogP) is 0.833. The third kappa shape index (κ3) is 4.03. The minimum atomic E-state index is -3.23. The fourth-order valence-electron chi connectivity index (χ4n) is 1.92. The molecule has 0 radical (unpaired) electrons. The van der Waals surface area contributed by atoms with E-state index in [1.54, 1.807) is 0 Å². The molecule has 6 nitrogen and oxygen atoms in total. The fourth-order valence-corrected chi connectivity index (χ4v) is 2.91. The van der Waals surface area contributed by atoms with Crippen molar-refractivity contribution in [2.45, 2.75) is 12.8 Å². The quantitative estimate of drug-likeness (QED) is 0.733. The average Bonchev–Trinajstić information content (AvgIpc) is 2.85. The van der Waals surface area contributed by atoms with Gasteiger partial charge in [-0.3, -0.25) is 0 Å². The Kier molecular flexibility index (Phi) is 5.11. The van der Waals surface area contributed by atoms with Crippen molar-refractivity contribution in [3.8, 4) is 0 Å². The van der Waals surface area contributed by atoms with Gasteiger partial charge in [0, 0.05) is 26.3 Å². The Bertz CT molecular complexity index is 652. The van der Waals surface area contributed by atoms with Crippen LogP contribution in [0.5, 0.6) is 0 Å². The van der Waals surface area contributed by atoms with Gasteiger partial charge in [-0.05, 0) is 18.6 Å². The first-order chi connectivity index (χ1) is 9.62. The third-order valence-electron chi connectivity index (χ3n) is 2.97. The molecule has 0 unspecified atom stereocenters. The van der Waals surface area contributed by atoms with Gasteiger partial charge in [0.1, 0.15) is 5.82 Å². The molecule has 0 fully saturated rings. The second-order valence-electron chi connectivity index (χ2n) is 4.48. The van der Waals surface area contributed by atoms with E-state index in [2.05, 4.69) is 9.71 Å². The number of rotatable bonds is 8. The molecule has 2 rings (SSSR count). The van der Waals surface area contributed by atoms with Gasteiger partial charge in [0.05, 0.1) is 24.1 Å². The van der Waals surface area contributed by atoms with E-state index in [9.17, 15) is 8.42 Å². The molecule has 0 atom stereocenters. The molecule has 110 valence electrons. The van der Waals surface area contributed by atoms with E-state index in [1.165, 1.54) is 7.11 Å². The number of aromatic nitrogens is 2. The molecule has 2 heterocycles. The van der Waals surface area contributed by atoms with Crippen LogP contribution < -0.4 is 4.72 Å². The lowest BCUT2D eigenvalue weighted by molar-refractivity contribution is 0.217. The first-order valence-corrected chi connectivity index (χ1v) is 8.15. The molecule has 20 heavy (non-hydrogen) atoms. The highest BCUT2D eigenvalue weighted by atomic mass is 32.2. The molecule has 0 aromatic carbocycles. The minimum Gasteiger partial charge on any atom is -0.384 e. The lowest BCUT2D eigenvalue weighted by atomic mass is 10.3. The molecular formula is C13H19N3O3S. The van der Waals surface area contributed by atoms with E-state index in [0.717, 1.165) is 17.8 Å². The summed E-state index contributed by atoms with van der Waals surface area (Å²) in [6, 6.07) is 5.90. The van der Waals surface area contributed by atoms with Crippen molar-refractivity contribution in [3.05, 3.63) is 36.4 Å². The predicted molar refractivity (Wildman–Crippen MR) is 77.2 cm³/mol. The molecule has 0 amide bonds. The van der Waals surface area contributed by atoms with Gasteiger partial charge < -0.3 is 9.14 Å². The summed E-state index contributed by atoms with van der Waals surface area (Å²) >= 11 is 0. The minimum absolute atomic E-state index is 0.00416. The van der Waals surface area contributed by atoms with Crippen LogP contribution in [0.15, 0.2) is 30.6 Å². The van der Waals surface area contributed by atoms with Crippen molar-refractivity contribution >= 4 is 15.5 Å². The molecule has 0 spiro atoms. The van der Waals surface area contributed by atoms with E-state index in [0.29, 0.717) is 13.0 Å². The maximum absolute atomic E-state index is 11.6. The fraction of sp³-hybridized carbons (Fsp3) is 0.462. The van der Waals surface area contributed by atoms with Gasteiger partial charge in [-0.15, -0.1) is 0 Å². The summed E-state index contributed by atoms with van der Waals surface area (Å²) in [5.41, 5.74) is 1.04. The van der Waals surface area contributed by atoms with E-state index in [4.69, 9.17) is 4.74 Å². The first kappa shape index (κ1) is 15.0. The number of hydrogen-bond acceptors (Lipinski definition) is 4. The summed E-state index contributed by atoms with van der Waals surface area (Å²) in [4.78, 5) is 4.34. The maximum Gasteiger partial charge on any atom is 0.213 e. The summed E-state index contributed by atoms with van der Waals surface area (Å²) < 4.78 is 32.4. The second kappa shape index (κ2) is 6.83. The van der Waals surface area contributed by atoms with Crippen LogP contribution in [0, 0.1) is 0 Å². The summed E-state index contributed by atoms with van der Waals surface area (Å²) in [7, 11) is -1.74. The highest BCUT2D eigenvalue weighted by Gasteiger charge is 2.09. The number of fused-ring (bicyclic) bond motifs is 1. The molecule has 1 N–H and O–H groups in total. The Labute approximate surface area is 118 Å². The maximum atomic E-state index is 11.6. The van der Waals surface area contributed by atoms with Crippen LogP contribution in [0.2, 0.25) is 0 Å². The SMILES string of the molecule is COCCS(=O)(=O)NCCCc1ncc2ccccn12. The molecule has 2 aromatic heterocycles. The number of ether oxygens (including phenoxy) is 1. The standard InChI is InChI=1S/C13H19N3O3S/c1-19-9-10-20(17,18)15-7-4-6-13-14-11-12-5-2-3-8-16(12)13/h2-3,5,8,11,15H,4,6-7,9-10H2,1H3. The molecular weight excluding hydrogens is 278 g/mol. The summed E-state index contributed by atoms with van der Waals surface area (Å²) in [5.74, 6) is 0.937. The highest BCUT2D eigenvalue weighted by Crippen LogP contribution is 2.07. The van der Waals surface area contributed by atoms with E-state index >= 15 is 0 Å². The zero-order valence-electron chi connectivity index (χ0n) is 11.4. The number of imidazole rings is 1. The van der Waals surface area contributed by atoms with Gasteiger partial charge in [0.15, 0.2) is 0 Å². The molecule has 0 aliphatic carbocycles. The Morgan fingerprint density at radius 2 is 2.25 bits per heavy atom. The van der Waals surface area contributed by atoms with Crippen LogP contribution in [-0.2, 0) is 21.2 Å². The van der Waals surface area contributed by atoms with Crippen LogP contribution in [0.3, 0.4) is 0 Å². The normalized spacial score (nSPS) is 12.1. The molecule has 7 heteroatoms. The van der Waals surface area contributed by atoms with Gasteiger partial charge in [-0.25, -0.2) is 18.1 Å². The van der Waals surface area contributed by atoms with Crippen LogP contribution in [0.25, 0.3) is 5.52 Å². The zero-order valence-corrected chi connectivity index (χ0v) is 12.3. The molecule has 0 saturated carbocycles. The Balaban J connectivity index is 1.82. The Hall–Kier alpha value is -1.44. The molecule has 2 aromatic rings. The van der Waals surface area contributed by atoms with Gasteiger partial charge in [0.25, 0.3) is 0 Å². The van der Waals surface area contributed by atoms with Crippen LogP contribution in [0.1, 0.15) is 12.2 Å². The van der Waals surface area contributed by atoms with Gasteiger partial charge in [0.2, 0.25) is 10.0 Å². The van der Waals surface area contributed by atoms with Crippen LogP contribution in [-0.4, -0.2) is 43.8 Å². The van der Waals surface area contributed by atoms with E-state index in [1.807, 2.05) is 35.0 Å². The first-order valence-electron chi connectivity index (χ1n) is 6.49. The topological polar surface area (TPSA) is 72.7 Å². The lowest BCUT2D eigenvalue weighted by Gasteiger charge is -2.06. The molecule has 0 saturated heterocycles. The number of nitrogens with zero attached hydrogens (tertiary/aromatic N) is 2. The Morgan fingerprint density at radius 1 is 1.40 bits per heavy atom. The highest BCUT2D eigenvalue weighted by molar-refractivity contribution is 7.89. The average molecular weight is 297 g/mol. The number of nitrogens with one attached hydrogen (secondary N) is 1. The van der Waals surface area contributed by atoms with Crippen molar-refractivity contribution in [1.82, 2.24) is 14.1 Å². The number of aryl methyl sites for hydroxylation is 1. The summed E-state index contributed by atoms with van der Waals surface area (Å²) in [5, 5.41) is 0. The number of pyridine rings is 1. The zero-order chi connectivity index (χ0) is 14.4. The van der Waals surface area contributed by atoms with E-state index in [-0.39, 0.29) is 12.4 Å². The monoisotopic (exact) mass is 297 g/mol. The Morgan fingerprint density at radius 3 is 3.05 bits per heavy atom. The van der Waals surface area contributed by atoms with Crippen molar-refractivity contribution in [2.24, 2.45) is 0 Å². The molecule has 0 aliphatic rings. The lowest BCUT2D eigenvalue weighted by Crippen LogP contribution is -2.29. The molecule has 0 bridgehead atoms. The van der Waals surface area contributed by atoms with Gasteiger partial charge in [-0.1, -0.05) is 6.07 Å². The van der Waals surface area contributed by atoms with E-state index < -0.39 is 10.0 Å². The number of sulfonamides is 1. The van der Waals surface area contributed by atoms with Gasteiger partial charge in [-0.2, -0.15) is 0 Å². The smallest absolute Gasteiger partial charge is 0.213 e. The largest absolute Gasteiger partial charge is 0.384 e. The van der Waals surface area contributed by atoms with Gasteiger partial charge >= 0.3 is 0 Å². The third-order valence-corrected chi connectivity index (χ3v) is 4.32. The summed E-state index contributed by atoms with van der Waals surface area (Å²) in [6.07, 6.45) is 5.21. The van der Waals surface area contributed by atoms with Crippen molar-refractivity contribution in [2.75, 3.05) is 26.0 Å². The van der Waals surface area contributed by atoms with Crippen molar-refractivity contribution in [3.63, 3.8) is 0 Å². The van der Waals surface area contributed by atoms with Crippen LogP contribution >= 0.6 is 0 Å². The van der Waals surface area contributed by atoms with Crippen molar-refractivity contribution in [1.29, 1.82) is 0 Å². The number of hydrogen-bond donors (Lipinski definition) is 1. The summed E-state index contributed by atoms with van der Waals surface area (Å²) in [6.45, 7) is 0.619. The molecule has 0 aliphatic heterocycles.